The zero-order valence-electron chi connectivity index (χ0n) is 4.79. The van der Waals surface area contributed by atoms with E-state index >= 15 is 0 Å². The summed E-state index contributed by atoms with van der Waals surface area (Å²) in [5, 5.41) is 8.43. The van der Waals surface area contributed by atoms with Crippen molar-refractivity contribution in [2.45, 2.75) is 13.0 Å². The van der Waals surface area contributed by atoms with Gasteiger partial charge in [0.25, 0.3) is 0 Å². The van der Waals surface area contributed by atoms with Crippen molar-refractivity contribution in [2.75, 3.05) is 13.2 Å². The first-order valence-electron chi connectivity index (χ1n) is 2.64. The second kappa shape index (κ2) is 2.13. The highest BCUT2D eigenvalue weighted by molar-refractivity contribution is 5.78. The summed E-state index contributed by atoms with van der Waals surface area (Å²) in [6, 6.07) is 0. The number of aliphatic hydroxyl groups is 1. The van der Waals surface area contributed by atoms with Crippen LogP contribution in [-0.4, -0.2) is 30.3 Å². The average Bonchev–Trinajstić information content (AvgIpc) is 2.14. The van der Waals surface area contributed by atoms with Crippen LogP contribution in [0.5, 0.6) is 0 Å². The van der Waals surface area contributed by atoms with Crippen molar-refractivity contribution in [1.82, 2.24) is 0 Å². The molecule has 1 aliphatic rings. The SMILES string of the molecule is CC1CN=C(CO)O1. The van der Waals surface area contributed by atoms with Crippen LogP contribution in [0.4, 0.5) is 0 Å². The van der Waals surface area contributed by atoms with E-state index in [1.807, 2.05) is 6.92 Å². The molecule has 1 atom stereocenters. The second-order valence-electron chi connectivity index (χ2n) is 1.82. The summed E-state index contributed by atoms with van der Waals surface area (Å²) in [5.74, 6) is 0.470. The third-order valence-electron chi connectivity index (χ3n) is 0.997. The summed E-state index contributed by atoms with van der Waals surface area (Å²) in [6.07, 6.45) is 0.164. The number of aliphatic hydroxyl groups excluding tert-OH is 1. The largest absolute Gasteiger partial charge is 0.474 e. The molecule has 3 nitrogen and oxygen atoms in total. The van der Waals surface area contributed by atoms with E-state index in [1.54, 1.807) is 0 Å². The summed E-state index contributed by atoms with van der Waals surface area (Å²) in [4.78, 5) is 3.88. The van der Waals surface area contributed by atoms with E-state index in [-0.39, 0.29) is 12.7 Å². The molecule has 1 unspecified atom stereocenters. The third-order valence-corrected chi connectivity index (χ3v) is 0.997. The van der Waals surface area contributed by atoms with Gasteiger partial charge in [-0.25, -0.2) is 4.99 Å². The molecule has 1 N–H and O–H groups in total. The van der Waals surface area contributed by atoms with Crippen molar-refractivity contribution in [1.29, 1.82) is 0 Å². The van der Waals surface area contributed by atoms with Crippen LogP contribution in [0.15, 0.2) is 4.99 Å². The zero-order chi connectivity index (χ0) is 5.98. The predicted octanol–water partition coefficient (Wildman–Crippen LogP) is -0.204. The molecule has 0 saturated heterocycles. The number of rotatable bonds is 1. The Balaban J connectivity index is 2.37. The molecule has 0 spiro atoms. The molecule has 0 aliphatic carbocycles. The van der Waals surface area contributed by atoms with Gasteiger partial charge in [0.05, 0.1) is 6.54 Å². The van der Waals surface area contributed by atoms with Crippen molar-refractivity contribution >= 4 is 5.90 Å². The van der Waals surface area contributed by atoms with Crippen molar-refractivity contribution in [3.8, 4) is 0 Å². The first kappa shape index (κ1) is 5.56. The van der Waals surface area contributed by atoms with Gasteiger partial charge in [0.15, 0.2) is 0 Å². The molecule has 0 radical (unpaired) electrons. The maximum atomic E-state index is 8.43. The monoisotopic (exact) mass is 115 g/mol. The summed E-state index contributed by atoms with van der Waals surface area (Å²) >= 11 is 0. The van der Waals surface area contributed by atoms with E-state index < -0.39 is 0 Å². The molecule has 1 aliphatic heterocycles. The summed E-state index contributed by atoms with van der Waals surface area (Å²) < 4.78 is 5.01. The van der Waals surface area contributed by atoms with E-state index in [1.165, 1.54) is 0 Å². The molecular formula is C5H9NO2. The highest BCUT2D eigenvalue weighted by Crippen LogP contribution is 2.01. The molecule has 0 bridgehead atoms. The van der Waals surface area contributed by atoms with Crippen LogP contribution in [0, 0.1) is 0 Å². The van der Waals surface area contributed by atoms with Gasteiger partial charge in [-0.3, -0.25) is 0 Å². The van der Waals surface area contributed by atoms with Crippen molar-refractivity contribution in [2.24, 2.45) is 4.99 Å². The molecular weight excluding hydrogens is 106 g/mol. The van der Waals surface area contributed by atoms with Crippen molar-refractivity contribution in [3.63, 3.8) is 0 Å². The van der Waals surface area contributed by atoms with Crippen LogP contribution >= 0.6 is 0 Å². The predicted molar refractivity (Wildman–Crippen MR) is 29.9 cm³/mol. The highest BCUT2D eigenvalue weighted by Gasteiger charge is 2.12. The van der Waals surface area contributed by atoms with Gasteiger partial charge >= 0.3 is 0 Å². The topological polar surface area (TPSA) is 41.8 Å². The molecule has 3 heteroatoms. The molecule has 1 rings (SSSR count). The minimum absolute atomic E-state index is 0.0651. The summed E-state index contributed by atoms with van der Waals surface area (Å²) in [5.41, 5.74) is 0. The Kier molecular flexibility index (Phi) is 1.48. The van der Waals surface area contributed by atoms with Gasteiger partial charge in [-0.15, -0.1) is 0 Å². The van der Waals surface area contributed by atoms with Crippen molar-refractivity contribution < 1.29 is 9.84 Å². The van der Waals surface area contributed by atoms with Crippen LogP contribution in [0.3, 0.4) is 0 Å². The Labute approximate surface area is 48.0 Å². The summed E-state index contributed by atoms with van der Waals surface area (Å²) in [6.45, 7) is 2.55. The second-order valence-corrected chi connectivity index (χ2v) is 1.82. The van der Waals surface area contributed by atoms with Crippen molar-refractivity contribution in [3.05, 3.63) is 0 Å². The molecule has 0 fully saturated rings. The smallest absolute Gasteiger partial charge is 0.210 e. The van der Waals surface area contributed by atoms with Gasteiger partial charge in [-0.1, -0.05) is 0 Å². The molecule has 0 aromatic rings. The lowest BCUT2D eigenvalue weighted by molar-refractivity contribution is 0.217. The number of aliphatic imine (C=N–C) groups is 1. The van der Waals surface area contributed by atoms with Gasteiger partial charge in [0, 0.05) is 0 Å². The minimum Gasteiger partial charge on any atom is -0.474 e. The molecule has 46 valence electrons. The Hall–Kier alpha value is -0.570. The molecule has 0 amide bonds. The minimum atomic E-state index is -0.0651. The third kappa shape index (κ3) is 0.980. The van der Waals surface area contributed by atoms with E-state index in [2.05, 4.69) is 4.99 Å². The van der Waals surface area contributed by atoms with Gasteiger partial charge < -0.3 is 9.84 Å². The number of nitrogens with zero attached hydrogens (tertiary/aromatic N) is 1. The lowest BCUT2D eigenvalue weighted by Gasteiger charge is -2.00. The van der Waals surface area contributed by atoms with Crippen LogP contribution in [0.25, 0.3) is 0 Å². The van der Waals surface area contributed by atoms with E-state index in [0.717, 1.165) is 0 Å². The average molecular weight is 115 g/mol. The standard InChI is InChI=1S/C5H9NO2/c1-4-2-6-5(3-7)8-4/h4,7H,2-3H2,1H3. The molecule has 0 aromatic carbocycles. The van der Waals surface area contributed by atoms with E-state index in [0.29, 0.717) is 12.4 Å². The number of hydrogen-bond donors (Lipinski definition) is 1. The Morgan fingerprint density at radius 3 is 3.00 bits per heavy atom. The van der Waals surface area contributed by atoms with E-state index in [4.69, 9.17) is 9.84 Å². The maximum Gasteiger partial charge on any atom is 0.210 e. The Morgan fingerprint density at radius 1 is 2.00 bits per heavy atom. The summed E-state index contributed by atoms with van der Waals surface area (Å²) in [7, 11) is 0. The highest BCUT2D eigenvalue weighted by atomic mass is 16.5. The van der Waals surface area contributed by atoms with Crippen LogP contribution in [-0.2, 0) is 4.74 Å². The van der Waals surface area contributed by atoms with Gasteiger partial charge in [0.2, 0.25) is 5.90 Å². The molecule has 0 aromatic heterocycles. The molecule has 8 heavy (non-hydrogen) atoms. The first-order chi connectivity index (χ1) is 3.83. The van der Waals surface area contributed by atoms with Crippen LogP contribution < -0.4 is 0 Å². The van der Waals surface area contributed by atoms with Gasteiger partial charge in [-0.05, 0) is 6.92 Å². The van der Waals surface area contributed by atoms with Crippen LogP contribution in [0.1, 0.15) is 6.92 Å². The number of hydrogen-bond acceptors (Lipinski definition) is 3. The van der Waals surface area contributed by atoms with E-state index in [9.17, 15) is 0 Å². The molecule has 0 saturated carbocycles. The first-order valence-corrected chi connectivity index (χ1v) is 2.64. The number of ether oxygens (including phenoxy) is 1. The van der Waals surface area contributed by atoms with Gasteiger partial charge in [-0.2, -0.15) is 0 Å². The van der Waals surface area contributed by atoms with Gasteiger partial charge in [0.1, 0.15) is 12.7 Å². The quantitative estimate of drug-likeness (QED) is 0.514. The molecule has 1 heterocycles. The lowest BCUT2D eigenvalue weighted by atomic mass is 10.4. The van der Waals surface area contributed by atoms with Crippen LogP contribution in [0.2, 0.25) is 0 Å². The Bertz CT molecular complexity index is 111. The zero-order valence-corrected chi connectivity index (χ0v) is 4.79. The fourth-order valence-electron chi connectivity index (χ4n) is 0.624. The fraction of sp³-hybridized carbons (Fsp3) is 0.800. The fourth-order valence-corrected chi connectivity index (χ4v) is 0.624. The Morgan fingerprint density at radius 2 is 2.75 bits per heavy atom. The maximum absolute atomic E-state index is 8.43. The normalized spacial score (nSPS) is 27.2. The lowest BCUT2D eigenvalue weighted by Crippen LogP contribution is -2.10.